The van der Waals surface area contributed by atoms with E-state index in [0.717, 1.165) is 11.1 Å². The molecule has 0 saturated carbocycles. The fourth-order valence-electron chi connectivity index (χ4n) is 2.05. The molecule has 0 aliphatic heterocycles. The number of aromatic nitrogens is 3. The molecular weight excluding hydrogens is 302 g/mol. The van der Waals surface area contributed by atoms with Crippen molar-refractivity contribution < 1.29 is 5.11 Å². The van der Waals surface area contributed by atoms with Gasteiger partial charge in [-0.1, -0.05) is 29.8 Å². The number of aromatic hydroxyl groups is 1. The lowest BCUT2D eigenvalue weighted by Gasteiger charge is -2.07. The first-order chi connectivity index (χ1) is 10.6. The highest BCUT2D eigenvalue weighted by atomic mass is 35.5. The molecule has 0 fully saturated rings. The molecule has 3 rings (SSSR count). The Bertz CT molecular complexity index is 860. The molecule has 22 heavy (non-hydrogen) atoms. The second-order valence-electron chi connectivity index (χ2n) is 4.75. The lowest BCUT2D eigenvalue weighted by molar-refractivity contribution is 0.452. The molecule has 0 atom stereocenters. The van der Waals surface area contributed by atoms with Crippen LogP contribution in [0.2, 0.25) is 5.02 Å². The highest BCUT2D eigenvalue weighted by Crippen LogP contribution is 2.19. The smallest absolute Gasteiger partial charge is 0.267 e. The molecule has 0 radical (unpaired) electrons. The predicted molar refractivity (Wildman–Crippen MR) is 83.9 cm³/mol. The van der Waals surface area contributed by atoms with Crippen LogP contribution >= 0.6 is 11.6 Å². The van der Waals surface area contributed by atoms with E-state index >= 15 is 0 Å². The molecule has 3 aromatic rings. The monoisotopic (exact) mass is 313 g/mol. The van der Waals surface area contributed by atoms with Crippen LogP contribution in [0.25, 0.3) is 11.3 Å². The molecule has 110 valence electrons. The number of hydrogen-bond acceptors (Lipinski definition) is 4. The second kappa shape index (κ2) is 5.99. The van der Waals surface area contributed by atoms with Crippen molar-refractivity contribution in [2.75, 3.05) is 0 Å². The third-order valence-electron chi connectivity index (χ3n) is 3.13. The molecule has 0 spiro atoms. The zero-order valence-electron chi connectivity index (χ0n) is 11.5. The molecule has 0 aliphatic carbocycles. The molecule has 0 bridgehead atoms. The zero-order chi connectivity index (χ0) is 15.5. The van der Waals surface area contributed by atoms with Crippen molar-refractivity contribution in [3.05, 3.63) is 75.7 Å². The molecule has 0 aliphatic rings. The molecule has 2 heterocycles. The van der Waals surface area contributed by atoms with Gasteiger partial charge in [-0.05, 0) is 23.8 Å². The minimum absolute atomic E-state index is 0.0586. The van der Waals surface area contributed by atoms with E-state index < -0.39 is 0 Å². The van der Waals surface area contributed by atoms with Crippen LogP contribution in [-0.2, 0) is 6.54 Å². The summed E-state index contributed by atoms with van der Waals surface area (Å²) in [6.07, 6.45) is 1.51. The highest BCUT2D eigenvalue weighted by molar-refractivity contribution is 6.30. The van der Waals surface area contributed by atoms with E-state index in [1.807, 2.05) is 12.1 Å². The van der Waals surface area contributed by atoms with Gasteiger partial charge in [0.25, 0.3) is 5.56 Å². The SMILES string of the molecule is O=c1ccc(-c2cccc(Cl)c2)nn1Cc1ccc(O)nc1. The first kappa shape index (κ1) is 14.3. The Morgan fingerprint density at radius 2 is 2.00 bits per heavy atom. The molecule has 0 saturated heterocycles. The van der Waals surface area contributed by atoms with Crippen LogP contribution in [-0.4, -0.2) is 19.9 Å². The third-order valence-corrected chi connectivity index (χ3v) is 3.36. The Labute approximate surface area is 131 Å². The summed E-state index contributed by atoms with van der Waals surface area (Å²) in [5.41, 5.74) is 2.06. The first-order valence-electron chi connectivity index (χ1n) is 6.60. The first-order valence-corrected chi connectivity index (χ1v) is 6.97. The van der Waals surface area contributed by atoms with Crippen LogP contribution in [0.1, 0.15) is 5.56 Å². The van der Waals surface area contributed by atoms with E-state index in [2.05, 4.69) is 10.1 Å². The quantitative estimate of drug-likeness (QED) is 0.807. The Balaban J connectivity index is 1.96. The van der Waals surface area contributed by atoms with E-state index in [-0.39, 0.29) is 18.0 Å². The van der Waals surface area contributed by atoms with Crippen molar-refractivity contribution in [2.24, 2.45) is 0 Å². The van der Waals surface area contributed by atoms with Crippen molar-refractivity contribution in [2.45, 2.75) is 6.54 Å². The molecule has 0 unspecified atom stereocenters. The van der Waals surface area contributed by atoms with Gasteiger partial charge in [-0.15, -0.1) is 0 Å². The second-order valence-corrected chi connectivity index (χ2v) is 5.19. The van der Waals surface area contributed by atoms with E-state index in [4.69, 9.17) is 11.6 Å². The molecule has 0 amide bonds. The lowest BCUT2D eigenvalue weighted by Crippen LogP contribution is -2.22. The van der Waals surface area contributed by atoms with Crippen LogP contribution in [0, 0.1) is 0 Å². The summed E-state index contributed by atoms with van der Waals surface area (Å²) in [6.45, 7) is 0.278. The Morgan fingerprint density at radius 1 is 1.14 bits per heavy atom. The topological polar surface area (TPSA) is 68.0 Å². The van der Waals surface area contributed by atoms with Gasteiger partial charge in [0.1, 0.15) is 0 Å². The summed E-state index contributed by atoms with van der Waals surface area (Å²) >= 11 is 5.98. The van der Waals surface area contributed by atoms with Crippen molar-refractivity contribution in [3.63, 3.8) is 0 Å². The van der Waals surface area contributed by atoms with Gasteiger partial charge in [0, 0.05) is 28.9 Å². The molecule has 2 aromatic heterocycles. The van der Waals surface area contributed by atoms with Gasteiger partial charge in [0.2, 0.25) is 5.88 Å². The molecule has 1 N–H and O–H groups in total. The van der Waals surface area contributed by atoms with Crippen molar-refractivity contribution in [3.8, 4) is 17.1 Å². The predicted octanol–water partition coefficient (Wildman–Crippen LogP) is 2.71. The van der Waals surface area contributed by atoms with E-state index in [1.54, 1.807) is 24.3 Å². The fourth-order valence-corrected chi connectivity index (χ4v) is 2.24. The summed E-state index contributed by atoms with van der Waals surface area (Å²) in [6, 6.07) is 13.6. The summed E-state index contributed by atoms with van der Waals surface area (Å²) in [5, 5.41) is 14.2. The van der Waals surface area contributed by atoms with E-state index in [9.17, 15) is 9.90 Å². The standard InChI is InChI=1S/C16H12ClN3O2/c17-13-3-1-2-12(8-13)14-5-7-16(22)20(19-14)10-11-4-6-15(21)18-9-11/h1-9H,10H2,(H,18,21). The number of nitrogens with zero attached hydrogens (tertiary/aromatic N) is 3. The maximum Gasteiger partial charge on any atom is 0.267 e. The number of benzene rings is 1. The van der Waals surface area contributed by atoms with Crippen LogP contribution in [0.5, 0.6) is 5.88 Å². The lowest BCUT2D eigenvalue weighted by atomic mass is 10.1. The zero-order valence-corrected chi connectivity index (χ0v) is 12.2. The van der Waals surface area contributed by atoms with Gasteiger partial charge in [-0.2, -0.15) is 5.10 Å². The van der Waals surface area contributed by atoms with Gasteiger partial charge < -0.3 is 5.11 Å². The van der Waals surface area contributed by atoms with Crippen LogP contribution in [0.15, 0.2) is 59.5 Å². The minimum atomic E-state index is -0.209. The Kier molecular flexibility index (Phi) is 3.89. The fraction of sp³-hybridized carbons (Fsp3) is 0.0625. The molecule has 6 heteroatoms. The third kappa shape index (κ3) is 3.15. The number of hydrogen-bond donors (Lipinski definition) is 1. The summed E-state index contributed by atoms with van der Waals surface area (Å²) in [5.74, 6) is -0.0586. The maximum atomic E-state index is 11.9. The molecule has 5 nitrogen and oxygen atoms in total. The largest absolute Gasteiger partial charge is 0.493 e. The summed E-state index contributed by atoms with van der Waals surface area (Å²) < 4.78 is 1.35. The molecular formula is C16H12ClN3O2. The van der Waals surface area contributed by atoms with Crippen LogP contribution < -0.4 is 5.56 Å². The summed E-state index contributed by atoms with van der Waals surface area (Å²) in [7, 11) is 0. The van der Waals surface area contributed by atoms with Crippen molar-refractivity contribution >= 4 is 11.6 Å². The van der Waals surface area contributed by atoms with Gasteiger partial charge in [0.05, 0.1) is 12.2 Å². The summed E-state index contributed by atoms with van der Waals surface area (Å²) in [4.78, 5) is 15.7. The number of halogens is 1. The van der Waals surface area contributed by atoms with Crippen LogP contribution in [0.4, 0.5) is 0 Å². The van der Waals surface area contributed by atoms with E-state index in [1.165, 1.54) is 23.0 Å². The van der Waals surface area contributed by atoms with Crippen molar-refractivity contribution in [1.29, 1.82) is 0 Å². The minimum Gasteiger partial charge on any atom is -0.493 e. The Morgan fingerprint density at radius 3 is 2.73 bits per heavy atom. The van der Waals surface area contributed by atoms with Crippen LogP contribution in [0.3, 0.4) is 0 Å². The van der Waals surface area contributed by atoms with Gasteiger partial charge in [-0.25, -0.2) is 9.67 Å². The average molecular weight is 314 g/mol. The highest BCUT2D eigenvalue weighted by Gasteiger charge is 2.05. The normalized spacial score (nSPS) is 10.6. The van der Waals surface area contributed by atoms with Gasteiger partial charge in [-0.3, -0.25) is 4.79 Å². The molecule has 1 aromatic carbocycles. The average Bonchev–Trinajstić information content (AvgIpc) is 2.52. The van der Waals surface area contributed by atoms with E-state index in [0.29, 0.717) is 10.7 Å². The number of rotatable bonds is 3. The Hall–Kier alpha value is -2.66. The maximum absolute atomic E-state index is 11.9. The van der Waals surface area contributed by atoms with Gasteiger partial charge in [0.15, 0.2) is 0 Å². The van der Waals surface area contributed by atoms with Crippen molar-refractivity contribution in [1.82, 2.24) is 14.8 Å². The van der Waals surface area contributed by atoms with Gasteiger partial charge >= 0.3 is 0 Å². The number of pyridine rings is 1.